The quantitative estimate of drug-likeness (QED) is 0.715. The highest BCUT2D eigenvalue weighted by atomic mass is 16.4. The molecule has 6 heteroatoms. The number of aliphatic carboxylic acids is 1. The first-order valence-corrected chi connectivity index (χ1v) is 8.49. The predicted molar refractivity (Wildman–Crippen MR) is 93.0 cm³/mol. The van der Waals surface area contributed by atoms with Gasteiger partial charge in [-0.2, -0.15) is 0 Å². The van der Waals surface area contributed by atoms with E-state index in [2.05, 4.69) is 10.6 Å². The average molecular weight is 333 g/mol. The van der Waals surface area contributed by atoms with Crippen molar-refractivity contribution >= 4 is 12.0 Å². The molecule has 1 aromatic rings. The highest BCUT2D eigenvalue weighted by Crippen LogP contribution is 2.25. The van der Waals surface area contributed by atoms with Crippen LogP contribution in [0.4, 0.5) is 4.79 Å². The summed E-state index contributed by atoms with van der Waals surface area (Å²) in [5.74, 6) is -0.807. The van der Waals surface area contributed by atoms with Crippen LogP contribution in [0.3, 0.4) is 0 Å². The fourth-order valence-electron chi connectivity index (χ4n) is 3.25. The summed E-state index contributed by atoms with van der Waals surface area (Å²) in [6, 6.07) is 8.13. The molecule has 1 aliphatic rings. The number of likely N-dealkylation sites (N-methyl/N-ethyl adjacent to an activating group) is 1. The highest BCUT2D eigenvalue weighted by Gasteiger charge is 2.34. The van der Waals surface area contributed by atoms with Crippen LogP contribution in [-0.2, 0) is 4.79 Å². The molecule has 24 heavy (non-hydrogen) atoms. The van der Waals surface area contributed by atoms with Crippen LogP contribution in [-0.4, -0.2) is 47.2 Å². The summed E-state index contributed by atoms with van der Waals surface area (Å²) in [6.45, 7) is 6.73. The van der Waals surface area contributed by atoms with Crippen molar-refractivity contribution in [1.82, 2.24) is 15.5 Å². The minimum absolute atomic E-state index is 0.0544. The summed E-state index contributed by atoms with van der Waals surface area (Å²) in [5.41, 5.74) is 2.26. The molecule has 0 bridgehead atoms. The molecule has 0 spiro atoms. The van der Waals surface area contributed by atoms with E-state index >= 15 is 0 Å². The van der Waals surface area contributed by atoms with Crippen LogP contribution in [0.2, 0.25) is 0 Å². The van der Waals surface area contributed by atoms with Crippen LogP contribution in [0, 0.1) is 6.92 Å². The van der Waals surface area contributed by atoms with Crippen LogP contribution in [0.5, 0.6) is 0 Å². The zero-order chi connectivity index (χ0) is 17.7. The summed E-state index contributed by atoms with van der Waals surface area (Å²) >= 11 is 0. The number of nitrogens with one attached hydrogen (secondary N) is 2. The number of nitrogens with zero attached hydrogens (tertiary/aromatic N) is 1. The SMILES string of the molecule is CCN(CC(=O)O)C1CC(NC(=O)NC(C)c2ccccc2C)C1. The molecule has 1 aromatic carbocycles. The van der Waals surface area contributed by atoms with Crippen LogP contribution in [0.1, 0.15) is 43.9 Å². The van der Waals surface area contributed by atoms with Crippen molar-refractivity contribution in [2.45, 2.75) is 51.7 Å². The van der Waals surface area contributed by atoms with E-state index in [9.17, 15) is 9.59 Å². The van der Waals surface area contributed by atoms with Crippen molar-refractivity contribution in [3.63, 3.8) is 0 Å². The average Bonchev–Trinajstić information content (AvgIpc) is 2.48. The zero-order valence-electron chi connectivity index (χ0n) is 14.6. The molecular formula is C18H27N3O3. The van der Waals surface area contributed by atoms with Gasteiger partial charge in [-0.25, -0.2) is 4.79 Å². The van der Waals surface area contributed by atoms with Gasteiger partial charge in [-0.3, -0.25) is 9.69 Å². The van der Waals surface area contributed by atoms with Gasteiger partial charge in [0.25, 0.3) is 0 Å². The third-order valence-corrected chi connectivity index (χ3v) is 4.71. The van der Waals surface area contributed by atoms with Gasteiger partial charge < -0.3 is 15.7 Å². The van der Waals surface area contributed by atoms with E-state index in [0.29, 0.717) is 6.54 Å². The minimum Gasteiger partial charge on any atom is -0.480 e. The molecule has 1 atom stereocenters. The largest absolute Gasteiger partial charge is 0.480 e. The summed E-state index contributed by atoms with van der Waals surface area (Å²) in [7, 11) is 0. The van der Waals surface area contributed by atoms with E-state index in [-0.39, 0.29) is 30.7 Å². The van der Waals surface area contributed by atoms with E-state index in [1.54, 1.807) is 0 Å². The molecule has 2 rings (SSSR count). The number of aryl methyl sites for hydroxylation is 1. The maximum atomic E-state index is 12.1. The molecule has 6 nitrogen and oxygen atoms in total. The second-order valence-electron chi connectivity index (χ2n) is 6.48. The molecule has 2 amide bonds. The van der Waals surface area contributed by atoms with Crippen molar-refractivity contribution in [2.24, 2.45) is 0 Å². The summed E-state index contributed by atoms with van der Waals surface area (Å²) < 4.78 is 0. The maximum Gasteiger partial charge on any atom is 0.317 e. The number of hydrogen-bond donors (Lipinski definition) is 3. The number of carboxylic acid groups (broad SMARTS) is 1. The molecule has 1 aliphatic carbocycles. The number of carboxylic acids is 1. The van der Waals surface area contributed by atoms with Gasteiger partial charge in [0.1, 0.15) is 0 Å². The molecule has 0 aliphatic heterocycles. The fraction of sp³-hybridized carbons (Fsp3) is 0.556. The van der Waals surface area contributed by atoms with Gasteiger partial charge in [0.05, 0.1) is 12.6 Å². The number of hydrogen-bond acceptors (Lipinski definition) is 3. The molecule has 0 saturated heterocycles. The number of amides is 2. The molecule has 1 saturated carbocycles. The summed E-state index contributed by atoms with van der Waals surface area (Å²) in [4.78, 5) is 24.9. The number of benzene rings is 1. The summed E-state index contributed by atoms with van der Waals surface area (Å²) in [5, 5.41) is 14.8. The first kappa shape index (κ1) is 18.3. The van der Waals surface area contributed by atoms with Crippen molar-refractivity contribution in [3.8, 4) is 0 Å². The smallest absolute Gasteiger partial charge is 0.317 e. The van der Waals surface area contributed by atoms with Gasteiger partial charge >= 0.3 is 12.0 Å². The van der Waals surface area contributed by atoms with Crippen LogP contribution < -0.4 is 10.6 Å². The van der Waals surface area contributed by atoms with Gasteiger partial charge in [-0.15, -0.1) is 0 Å². The second kappa shape index (κ2) is 8.15. The fourth-order valence-corrected chi connectivity index (χ4v) is 3.25. The van der Waals surface area contributed by atoms with E-state index in [4.69, 9.17) is 5.11 Å². The molecule has 0 aromatic heterocycles. The van der Waals surface area contributed by atoms with E-state index in [1.165, 1.54) is 0 Å². The second-order valence-corrected chi connectivity index (χ2v) is 6.48. The molecule has 1 fully saturated rings. The number of rotatable bonds is 7. The maximum absolute atomic E-state index is 12.1. The van der Waals surface area contributed by atoms with Gasteiger partial charge in [0.15, 0.2) is 0 Å². The Balaban J connectivity index is 1.76. The lowest BCUT2D eigenvalue weighted by Crippen LogP contribution is -2.56. The number of urea groups is 1. The Labute approximate surface area is 143 Å². The normalized spacial score (nSPS) is 21.0. The predicted octanol–water partition coefficient (Wildman–Crippen LogP) is 2.29. The number of carbonyl (C=O) groups excluding carboxylic acids is 1. The van der Waals surface area contributed by atoms with Crippen LogP contribution >= 0.6 is 0 Å². The topological polar surface area (TPSA) is 81.7 Å². The molecular weight excluding hydrogens is 306 g/mol. The third-order valence-electron chi connectivity index (χ3n) is 4.71. The van der Waals surface area contributed by atoms with Gasteiger partial charge in [-0.05, 0) is 44.4 Å². The van der Waals surface area contributed by atoms with Crippen molar-refractivity contribution in [1.29, 1.82) is 0 Å². The number of carbonyl (C=O) groups is 2. The molecule has 0 heterocycles. The Kier molecular flexibility index (Phi) is 6.20. The van der Waals surface area contributed by atoms with Crippen molar-refractivity contribution in [3.05, 3.63) is 35.4 Å². The van der Waals surface area contributed by atoms with E-state index in [0.717, 1.165) is 24.0 Å². The molecule has 132 valence electrons. The Hall–Kier alpha value is -2.08. The minimum atomic E-state index is -0.807. The van der Waals surface area contributed by atoms with Gasteiger partial charge in [0, 0.05) is 12.1 Å². The van der Waals surface area contributed by atoms with Gasteiger partial charge in [-0.1, -0.05) is 31.2 Å². The van der Waals surface area contributed by atoms with Crippen molar-refractivity contribution < 1.29 is 14.7 Å². The van der Waals surface area contributed by atoms with E-state index < -0.39 is 5.97 Å². The monoisotopic (exact) mass is 333 g/mol. The third kappa shape index (κ3) is 4.71. The lowest BCUT2D eigenvalue weighted by molar-refractivity contribution is -0.139. The molecule has 1 unspecified atom stereocenters. The van der Waals surface area contributed by atoms with Gasteiger partial charge in [0.2, 0.25) is 0 Å². The zero-order valence-corrected chi connectivity index (χ0v) is 14.6. The highest BCUT2D eigenvalue weighted by molar-refractivity contribution is 5.75. The molecule has 3 N–H and O–H groups in total. The van der Waals surface area contributed by atoms with Crippen LogP contribution in [0.25, 0.3) is 0 Å². The molecule has 0 radical (unpaired) electrons. The van der Waals surface area contributed by atoms with E-state index in [1.807, 2.05) is 49.9 Å². The standard InChI is InChI=1S/C18H27N3O3/c1-4-21(11-17(22)23)15-9-14(10-15)20-18(24)19-13(3)16-8-6-5-7-12(16)2/h5-8,13-15H,4,9-11H2,1-3H3,(H,22,23)(H2,19,20,24). The Morgan fingerprint density at radius 1 is 1.33 bits per heavy atom. The first-order valence-electron chi connectivity index (χ1n) is 8.49. The Morgan fingerprint density at radius 2 is 2.00 bits per heavy atom. The lowest BCUT2D eigenvalue weighted by atomic mass is 9.85. The first-order chi connectivity index (χ1) is 11.4. The van der Waals surface area contributed by atoms with Crippen molar-refractivity contribution in [2.75, 3.05) is 13.1 Å². The lowest BCUT2D eigenvalue weighted by Gasteiger charge is -2.42. The Morgan fingerprint density at radius 3 is 2.58 bits per heavy atom. The summed E-state index contributed by atoms with van der Waals surface area (Å²) in [6.07, 6.45) is 1.60. The van der Waals surface area contributed by atoms with Crippen LogP contribution in [0.15, 0.2) is 24.3 Å². The Bertz CT molecular complexity index is 585.